The molecule has 4 atom stereocenters. The van der Waals surface area contributed by atoms with Crippen molar-refractivity contribution in [1.29, 1.82) is 0 Å². The summed E-state index contributed by atoms with van der Waals surface area (Å²) in [6.07, 6.45) is 6.09. The number of aromatic nitrogens is 1. The number of hydrogen-bond donors (Lipinski definition) is 2. The van der Waals surface area contributed by atoms with Gasteiger partial charge in [-0.25, -0.2) is 4.79 Å². The standard InChI is InChI=1S/C29H37F2N3O4/c1-29(2,3)22-23(33-17-19-13-7-8-15-21(19)38-28(30)31)24(20-14-9-10-16-32-20)34(25(22)27(36)37)26(35)18-11-5-4-6-12-18/h7-10,13-16,18,22-25,28,33H,4-6,11-12,17H2,1-3H3,(H,36,37). The lowest BCUT2D eigenvalue weighted by Gasteiger charge is -2.36. The van der Waals surface area contributed by atoms with Crippen LogP contribution in [-0.4, -0.2) is 45.6 Å². The van der Waals surface area contributed by atoms with Crippen LogP contribution in [0.15, 0.2) is 48.7 Å². The quantitative estimate of drug-likeness (QED) is 0.475. The number of nitrogens with one attached hydrogen (secondary N) is 1. The van der Waals surface area contributed by atoms with Gasteiger partial charge in [0.15, 0.2) is 0 Å². The first-order chi connectivity index (χ1) is 18.1. The van der Waals surface area contributed by atoms with E-state index in [0.29, 0.717) is 11.3 Å². The van der Waals surface area contributed by atoms with E-state index in [0.717, 1.165) is 32.1 Å². The van der Waals surface area contributed by atoms with Crippen LogP contribution >= 0.6 is 0 Å². The predicted molar refractivity (Wildman–Crippen MR) is 138 cm³/mol. The first kappa shape index (κ1) is 28.0. The smallest absolute Gasteiger partial charge is 0.387 e. The van der Waals surface area contributed by atoms with Gasteiger partial charge in [0.1, 0.15) is 11.8 Å². The Labute approximate surface area is 222 Å². The van der Waals surface area contributed by atoms with E-state index in [1.807, 2.05) is 32.9 Å². The van der Waals surface area contributed by atoms with Gasteiger partial charge < -0.3 is 20.1 Å². The fraction of sp³-hybridized carbons (Fsp3) is 0.552. The molecule has 0 bridgehead atoms. The molecule has 4 rings (SSSR count). The lowest BCUT2D eigenvalue weighted by atomic mass is 9.72. The first-order valence-electron chi connectivity index (χ1n) is 13.3. The highest BCUT2D eigenvalue weighted by molar-refractivity contribution is 5.87. The van der Waals surface area contributed by atoms with E-state index in [1.54, 1.807) is 35.4 Å². The molecule has 9 heteroatoms. The number of nitrogens with zero attached hydrogens (tertiary/aromatic N) is 2. The molecule has 2 aromatic rings. The van der Waals surface area contributed by atoms with Crippen LogP contribution in [0.1, 0.15) is 70.2 Å². The van der Waals surface area contributed by atoms with Crippen molar-refractivity contribution in [2.45, 2.75) is 84.2 Å². The summed E-state index contributed by atoms with van der Waals surface area (Å²) in [5.41, 5.74) is 0.613. The number of benzene rings is 1. The molecule has 1 aliphatic carbocycles. The monoisotopic (exact) mass is 529 g/mol. The lowest BCUT2D eigenvalue weighted by Crippen LogP contribution is -2.49. The van der Waals surface area contributed by atoms with Crippen molar-refractivity contribution >= 4 is 11.9 Å². The number of aliphatic carboxylic acids is 1. The molecule has 2 heterocycles. The van der Waals surface area contributed by atoms with Crippen molar-refractivity contribution in [3.63, 3.8) is 0 Å². The minimum absolute atomic E-state index is 0.0552. The maximum absolute atomic E-state index is 14.1. The van der Waals surface area contributed by atoms with E-state index >= 15 is 0 Å². The van der Waals surface area contributed by atoms with Gasteiger partial charge in [-0.15, -0.1) is 0 Å². The highest BCUT2D eigenvalue weighted by Gasteiger charge is 2.58. The summed E-state index contributed by atoms with van der Waals surface area (Å²) in [7, 11) is 0. The largest absolute Gasteiger partial charge is 0.480 e. The van der Waals surface area contributed by atoms with E-state index in [2.05, 4.69) is 10.3 Å². The van der Waals surface area contributed by atoms with Crippen molar-refractivity contribution in [3.05, 3.63) is 59.9 Å². The Morgan fingerprint density at radius 3 is 2.39 bits per heavy atom. The van der Waals surface area contributed by atoms with Crippen LogP contribution in [0.5, 0.6) is 5.75 Å². The zero-order valence-corrected chi connectivity index (χ0v) is 22.1. The van der Waals surface area contributed by atoms with Gasteiger partial charge in [0.2, 0.25) is 5.91 Å². The summed E-state index contributed by atoms with van der Waals surface area (Å²) >= 11 is 0. The molecule has 0 radical (unpaired) electrons. The van der Waals surface area contributed by atoms with Crippen LogP contribution in [0.2, 0.25) is 0 Å². The Hall–Kier alpha value is -3.07. The maximum Gasteiger partial charge on any atom is 0.387 e. The second kappa shape index (κ2) is 11.8. The van der Waals surface area contributed by atoms with Crippen LogP contribution in [0.3, 0.4) is 0 Å². The van der Waals surface area contributed by atoms with Crippen LogP contribution < -0.4 is 10.1 Å². The Bertz CT molecular complexity index is 1100. The first-order valence-corrected chi connectivity index (χ1v) is 13.3. The number of carboxylic acid groups (broad SMARTS) is 1. The minimum Gasteiger partial charge on any atom is -0.480 e. The maximum atomic E-state index is 14.1. The second-order valence-corrected chi connectivity index (χ2v) is 11.3. The molecule has 1 saturated heterocycles. The molecule has 38 heavy (non-hydrogen) atoms. The molecule has 1 amide bonds. The number of carboxylic acids is 1. The SMILES string of the molecule is CC(C)(C)C1C(NCc2ccccc2OC(F)F)C(c2ccccn2)N(C(=O)C2CCCCC2)C1C(=O)O. The number of halogens is 2. The molecule has 2 N–H and O–H groups in total. The van der Waals surface area contributed by atoms with Crippen molar-refractivity contribution in [2.75, 3.05) is 0 Å². The third-order valence-electron chi connectivity index (χ3n) is 7.84. The van der Waals surface area contributed by atoms with Crippen molar-refractivity contribution in [2.24, 2.45) is 17.3 Å². The Morgan fingerprint density at radius 1 is 1.11 bits per heavy atom. The highest BCUT2D eigenvalue weighted by Crippen LogP contribution is 2.49. The molecular formula is C29H37F2N3O4. The third-order valence-corrected chi connectivity index (χ3v) is 7.84. The van der Waals surface area contributed by atoms with Gasteiger partial charge in [0.05, 0.1) is 11.7 Å². The number of amides is 1. The van der Waals surface area contributed by atoms with Crippen molar-refractivity contribution < 1.29 is 28.2 Å². The number of rotatable bonds is 8. The molecule has 2 aliphatic rings. The van der Waals surface area contributed by atoms with Crippen molar-refractivity contribution in [3.8, 4) is 5.75 Å². The number of likely N-dealkylation sites (tertiary alicyclic amines) is 1. The van der Waals surface area contributed by atoms with E-state index < -0.39 is 42.0 Å². The highest BCUT2D eigenvalue weighted by atomic mass is 19.3. The van der Waals surface area contributed by atoms with Crippen LogP contribution in [-0.2, 0) is 16.1 Å². The number of carbonyl (C=O) groups excluding carboxylic acids is 1. The molecule has 1 saturated carbocycles. The number of para-hydroxylation sites is 1. The number of ether oxygens (including phenoxy) is 1. The van der Waals surface area contributed by atoms with Crippen LogP contribution in [0.25, 0.3) is 0 Å². The Kier molecular flexibility index (Phi) is 8.65. The number of pyridine rings is 1. The molecule has 1 aromatic carbocycles. The van der Waals surface area contributed by atoms with Crippen LogP contribution in [0.4, 0.5) is 8.78 Å². The molecular weight excluding hydrogens is 492 g/mol. The molecule has 206 valence electrons. The van der Waals surface area contributed by atoms with E-state index in [1.165, 1.54) is 6.07 Å². The zero-order chi connectivity index (χ0) is 27.4. The van der Waals surface area contributed by atoms with Gasteiger partial charge in [0, 0.05) is 36.2 Å². The summed E-state index contributed by atoms with van der Waals surface area (Å²) < 4.78 is 30.8. The van der Waals surface area contributed by atoms with Crippen molar-refractivity contribution in [1.82, 2.24) is 15.2 Å². The number of alkyl halides is 2. The topological polar surface area (TPSA) is 91.8 Å². The molecule has 0 spiro atoms. The predicted octanol–water partition coefficient (Wildman–Crippen LogP) is 5.42. The van der Waals surface area contributed by atoms with E-state index in [4.69, 9.17) is 4.74 Å². The molecule has 7 nitrogen and oxygen atoms in total. The molecule has 4 unspecified atom stereocenters. The van der Waals surface area contributed by atoms with Gasteiger partial charge in [0.25, 0.3) is 0 Å². The molecule has 2 fully saturated rings. The summed E-state index contributed by atoms with van der Waals surface area (Å²) in [5, 5.41) is 14.0. The fourth-order valence-corrected chi connectivity index (χ4v) is 6.24. The average molecular weight is 530 g/mol. The lowest BCUT2D eigenvalue weighted by molar-refractivity contribution is -0.154. The number of carbonyl (C=O) groups is 2. The van der Waals surface area contributed by atoms with E-state index in [-0.39, 0.29) is 24.1 Å². The van der Waals surface area contributed by atoms with Crippen LogP contribution in [0, 0.1) is 17.3 Å². The summed E-state index contributed by atoms with van der Waals surface area (Å²) in [6.45, 7) is 3.10. The summed E-state index contributed by atoms with van der Waals surface area (Å²) in [6, 6.07) is 9.75. The normalized spacial score (nSPS) is 24.5. The van der Waals surface area contributed by atoms with Gasteiger partial charge in [-0.3, -0.25) is 9.78 Å². The number of hydrogen-bond acceptors (Lipinski definition) is 5. The zero-order valence-electron chi connectivity index (χ0n) is 22.1. The third kappa shape index (κ3) is 5.98. The summed E-state index contributed by atoms with van der Waals surface area (Å²) in [5.74, 6) is -1.85. The second-order valence-electron chi connectivity index (χ2n) is 11.3. The van der Waals surface area contributed by atoms with E-state index in [9.17, 15) is 23.5 Å². The Balaban J connectivity index is 1.78. The fourth-order valence-electron chi connectivity index (χ4n) is 6.24. The summed E-state index contributed by atoms with van der Waals surface area (Å²) in [4.78, 5) is 33.1. The minimum atomic E-state index is -2.97. The van der Waals surface area contributed by atoms with Gasteiger partial charge in [-0.1, -0.05) is 64.3 Å². The van der Waals surface area contributed by atoms with Gasteiger partial charge in [-0.2, -0.15) is 8.78 Å². The van der Waals surface area contributed by atoms with Gasteiger partial charge >= 0.3 is 12.6 Å². The average Bonchev–Trinajstić information content (AvgIpc) is 3.24. The molecule has 1 aromatic heterocycles. The van der Waals surface area contributed by atoms with Gasteiger partial charge in [-0.05, 0) is 36.5 Å². The molecule has 1 aliphatic heterocycles. The Morgan fingerprint density at radius 2 is 1.79 bits per heavy atom.